The van der Waals surface area contributed by atoms with E-state index in [0.717, 1.165) is 6.54 Å². The average Bonchev–Trinajstić information content (AvgIpc) is 2.31. The van der Waals surface area contributed by atoms with Crippen LogP contribution in [0.4, 0.5) is 0 Å². The molecule has 0 radical (unpaired) electrons. The molecule has 1 aromatic carbocycles. The molecule has 2 amide bonds. The summed E-state index contributed by atoms with van der Waals surface area (Å²) >= 11 is 0. The lowest BCUT2D eigenvalue weighted by molar-refractivity contribution is -0.118. The maximum absolute atomic E-state index is 11.1. The maximum Gasteiger partial charge on any atom is 0.251 e. The van der Waals surface area contributed by atoms with E-state index in [-0.39, 0.29) is 11.8 Å². The molecule has 0 aromatic heterocycles. The molecule has 4 nitrogen and oxygen atoms in total. The van der Waals surface area contributed by atoms with E-state index in [4.69, 9.17) is 0 Å². The summed E-state index contributed by atoms with van der Waals surface area (Å²) in [6.45, 7) is 6.70. The molecule has 4 heteroatoms. The SMILES string of the molecule is CCNC(=O)c1ccccc1.CCNC(C)=O. The zero-order chi connectivity index (χ0) is 13.1. The number of amides is 2. The van der Waals surface area contributed by atoms with Crippen LogP contribution in [-0.2, 0) is 4.79 Å². The summed E-state index contributed by atoms with van der Waals surface area (Å²) in [5.41, 5.74) is 0.717. The third kappa shape index (κ3) is 8.02. The van der Waals surface area contributed by atoms with E-state index in [1.807, 2.05) is 32.0 Å². The van der Waals surface area contributed by atoms with E-state index < -0.39 is 0 Å². The predicted molar refractivity (Wildman–Crippen MR) is 68.8 cm³/mol. The highest BCUT2D eigenvalue weighted by Gasteiger charge is 1.99. The van der Waals surface area contributed by atoms with Gasteiger partial charge in [-0.3, -0.25) is 9.59 Å². The Morgan fingerprint density at radius 3 is 1.88 bits per heavy atom. The number of carbonyl (C=O) groups excluding carboxylic acids is 2. The molecule has 0 aliphatic carbocycles. The zero-order valence-electron chi connectivity index (χ0n) is 10.6. The second-order valence-electron chi connectivity index (χ2n) is 3.31. The van der Waals surface area contributed by atoms with E-state index in [1.165, 1.54) is 6.92 Å². The summed E-state index contributed by atoms with van der Waals surface area (Å²) in [5, 5.41) is 5.29. The molecule has 0 fully saturated rings. The van der Waals surface area contributed by atoms with Crippen LogP contribution in [0.1, 0.15) is 31.1 Å². The van der Waals surface area contributed by atoms with Gasteiger partial charge in [-0.05, 0) is 26.0 Å². The van der Waals surface area contributed by atoms with E-state index in [9.17, 15) is 9.59 Å². The van der Waals surface area contributed by atoms with Gasteiger partial charge < -0.3 is 10.6 Å². The smallest absolute Gasteiger partial charge is 0.251 e. The van der Waals surface area contributed by atoms with E-state index >= 15 is 0 Å². The third-order valence-corrected chi connectivity index (χ3v) is 1.80. The minimum Gasteiger partial charge on any atom is -0.357 e. The van der Waals surface area contributed by atoms with Crippen LogP contribution in [0.15, 0.2) is 30.3 Å². The standard InChI is InChI=1S/C9H11NO.C4H9NO/c1-2-10-9(11)8-6-4-3-5-7-8;1-3-5-4(2)6/h3-7H,2H2,1H3,(H,10,11);3H2,1-2H3,(H,5,6). The second kappa shape index (κ2) is 9.39. The van der Waals surface area contributed by atoms with Crippen molar-refractivity contribution < 1.29 is 9.59 Å². The number of carbonyl (C=O) groups is 2. The van der Waals surface area contributed by atoms with Crippen molar-refractivity contribution in [1.29, 1.82) is 0 Å². The number of benzene rings is 1. The Balaban J connectivity index is 0.000000366. The number of hydrogen-bond acceptors (Lipinski definition) is 2. The first kappa shape index (κ1) is 15.2. The van der Waals surface area contributed by atoms with Gasteiger partial charge >= 0.3 is 0 Å². The second-order valence-corrected chi connectivity index (χ2v) is 3.31. The molecule has 0 aliphatic heterocycles. The fraction of sp³-hybridized carbons (Fsp3) is 0.385. The third-order valence-electron chi connectivity index (χ3n) is 1.80. The van der Waals surface area contributed by atoms with Crippen LogP contribution in [0.3, 0.4) is 0 Å². The largest absolute Gasteiger partial charge is 0.357 e. The summed E-state index contributed by atoms with van der Waals surface area (Å²) in [6, 6.07) is 9.19. The topological polar surface area (TPSA) is 58.2 Å². The monoisotopic (exact) mass is 236 g/mol. The molecule has 0 heterocycles. The van der Waals surface area contributed by atoms with Crippen molar-refractivity contribution in [2.75, 3.05) is 13.1 Å². The minimum atomic E-state index is -0.00639. The van der Waals surface area contributed by atoms with Gasteiger partial charge in [0.25, 0.3) is 5.91 Å². The van der Waals surface area contributed by atoms with Crippen LogP contribution in [0.5, 0.6) is 0 Å². The van der Waals surface area contributed by atoms with Crippen molar-refractivity contribution in [1.82, 2.24) is 10.6 Å². The Kier molecular flexibility index (Phi) is 8.37. The van der Waals surface area contributed by atoms with Crippen molar-refractivity contribution in [2.24, 2.45) is 0 Å². The summed E-state index contributed by atoms with van der Waals surface area (Å²) in [6.07, 6.45) is 0. The molecule has 1 rings (SSSR count). The van der Waals surface area contributed by atoms with E-state index in [2.05, 4.69) is 10.6 Å². The predicted octanol–water partition coefficient (Wildman–Crippen LogP) is 1.58. The fourth-order valence-corrected chi connectivity index (χ4v) is 1.10. The van der Waals surface area contributed by atoms with Gasteiger partial charge in [0.2, 0.25) is 5.91 Å². The molecule has 0 unspecified atom stereocenters. The average molecular weight is 236 g/mol. The van der Waals surface area contributed by atoms with E-state index in [1.54, 1.807) is 12.1 Å². The molecular weight excluding hydrogens is 216 g/mol. The van der Waals surface area contributed by atoms with Crippen LogP contribution in [-0.4, -0.2) is 24.9 Å². The van der Waals surface area contributed by atoms with Gasteiger partial charge in [0, 0.05) is 25.6 Å². The molecule has 94 valence electrons. The first-order valence-corrected chi connectivity index (χ1v) is 5.69. The summed E-state index contributed by atoms with van der Waals surface area (Å²) < 4.78 is 0. The lowest BCUT2D eigenvalue weighted by atomic mass is 10.2. The van der Waals surface area contributed by atoms with Crippen LogP contribution in [0.25, 0.3) is 0 Å². The van der Waals surface area contributed by atoms with Crippen LogP contribution in [0.2, 0.25) is 0 Å². The molecule has 0 saturated heterocycles. The number of nitrogens with one attached hydrogen (secondary N) is 2. The highest BCUT2D eigenvalue weighted by molar-refractivity contribution is 5.94. The van der Waals surface area contributed by atoms with Crippen molar-refractivity contribution in [3.05, 3.63) is 35.9 Å². The van der Waals surface area contributed by atoms with Gasteiger partial charge in [0.15, 0.2) is 0 Å². The van der Waals surface area contributed by atoms with Gasteiger partial charge in [-0.15, -0.1) is 0 Å². The summed E-state index contributed by atoms with van der Waals surface area (Å²) in [4.78, 5) is 21.1. The molecule has 17 heavy (non-hydrogen) atoms. The Bertz CT molecular complexity index is 337. The molecule has 0 bridgehead atoms. The van der Waals surface area contributed by atoms with Gasteiger partial charge in [-0.25, -0.2) is 0 Å². The van der Waals surface area contributed by atoms with Crippen LogP contribution in [0, 0.1) is 0 Å². The van der Waals surface area contributed by atoms with Crippen molar-refractivity contribution in [3.63, 3.8) is 0 Å². The number of rotatable bonds is 3. The minimum absolute atomic E-state index is 0.00639. The fourth-order valence-electron chi connectivity index (χ4n) is 1.10. The van der Waals surface area contributed by atoms with Crippen LogP contribution < -0.4 is 10.6 Å². The van der Waals surface area contributed by atoms with Crippen molar-refractivity contribution in [3.8, 4) is 0 Å². The number of hydrogen-bond donors (Lipinski definition) is 2. The van der Waals surface area contributed by atoms with Gasteiger partial charge in [0.1, 0.15) is 0 Å². The molecule has 0 saturated carbocycles. The van der Waals surface area contributed by atoms with Crippen molar-refractivity contribution >= 4 is 11.8 Å². The summed E-state index contributed by atoms with van der Waals surface area (Å²) in [7, 11) is 0. The maximum atomic E-state index is 11.1. The Morgan fingerprint density at radius 1 is 1.00 bits per heavy atom. The molecule has 0 atom stereocenters. The molecule has 1 aromatic rings. The van der Waals surface area contributed by atoms with E-state index in [0.29, 0.717) is 12.1 Å². The highest BCUT2D eigenvalue weighted by Crippen LogP contribution is 1.96. The molecule has 0 spiro atoms. The van der Waals surface area contributed by atoms with Gasteiger partial charge in [-0.1, -0.05) is 18.2 Å². The quantitative estimate of drug-likeness (QED) is 0.837. The Morgan fingerprint density at radius 2 is 1.53 bits per heavy atom. The lowest BCUT2D eigenvalue weighted by Crippen LogP contribution is -2.22. The normalized spacial score (nSPS) is 8.65. The van der Waals surface area contributed by atoms with Gasteiger partial charge in [0.05, 0.1) is 0 Å². The lowest BCUT2D eigenvalue weighted by Gasteiger charge is -1.99. The first-order valence-electron chi connectivity index (χ1n) is 5.69. The Hall–Kier alpha value is -1.84. The zero-order valence-corrected chi connectivity index (χ0v) is 10.6. The van der Waals surface area contributed by atoms with Crippen molar-refractivity contribution in [2.45, 2.75) is 20.8 Å². The highest BCUT2D eigenvalue weighted by atomic mass is 16.2. The van der Waals surface area contributed by atoms with Crippen LogP contribution >= 0.6 is 0 Å². The first-order chi connectivity index (χ1) is 8.11. The summed E-state index contributed by atoms with van der Waals surface area (Å²) in [5.74, 6) is 0.0330. The molecule has 0 aliphatic rings. The Labute approximate surface area is 102 Å². The molecule has 2 N–H and O–H groups in total. The molecular formula is C13H20N2O2. The van der Waals surface area contributed by atoms with Gasteiger partial charge in [-0.2, -0.15) is 0 Å².